The Hall–Kier alpha value is -0.861. The third-order valence-corrected chi connectivity index (χ3v) is 13.4. The molecule has 28 heavy (non-hydrogen) atoms. The molecule has 0 aliphatic carbocycles. The van der Waals surface area contributed by atoms with Crippen molar-refractivity contribution < 1.29 is 30.0 Å². The van der Waals surface area contributed by atoms with E-state index in [1.54, 1.807) is 0 Å². The van der Waals surface area contributed by atoms with Crippen molar-refractivity contribution in [2.75, 3.05) is 0 Å². The van der Waals surface area contributed by atoms with E-state index in [0.29, 0.717) is 6.42 Å². The van der Waals surface area contributed by atoms with Crippen molar-refractivity contribution in [3.8, 4) is 0 Å². The van der Waals surface area contributed by atoms with Crippen LogP contribution in [-0.4, -0.2) is 47.2 Å². The summed E-state index contributed by atoms with van der Waals surface area (Å²) >= 11 is -3.40. The van der Waals surface area contributed by atoms with Gasteiger partial charge in [-0.2, -0.15) is 0 Å². The molecule has 0 aliphatic heterocycles. The maximum absolute atomic E-state index is 12.6. The fourth-order valence-electron chi connectivity index (χ4n) is 2.33. The molecule has 2 rings (SSSR count). The van der Waals surface area contributed by atoms with Gasteiger partial charge in [-0.1, -0.05) is 0 Å². The molecule has 4 nitrogen and oxygen atoms in total. The zero-order valence-electron chi connectivity index (χ0n) is 15.3. The number of aryl methyl sites for hydroxylation is 1. The molecule has 0 aromatic heterocycles. The SMILES string of the molecule is C[Se](C)(CCc1ccccc1[Se]c1ccccc1CO)OS(=O)(=O)C(F)(F)F. The molecule has 0 amide bonds. The molecular weight excluding hydrogens is 527 g/mol. The molecule has 156 valence electrons. The van der Waals surface area contributed by atoms with Crippen LogP contribution in [0, 0.1) is 0 Å². The first-order valence-corrected chi connectivity index (χ1v) is 16.6. The normalized spacial score (nSPS) is 13.5. The van der Waals surface area contributed by atoms with Crippen LogP contribution in [0.3, 0.4) is 0 Å². The monoisotopic (exact) mass is 550 g/mol. The second-order valence-corrected chi connectivity index (χ2v) is 17.9. The van der Waals surface area contributed by atoms with Crippen molar-refractivity contribution in [3.05, 3.63) is 59.7 Å². The van der Waals surface area contributed by atoms with Crippen LogP contribution >= 0.6 is 0 Å². The summed E-state index contributed by atoms with van der Waals surface area (Å²) in [6, 6.07) is 15.1. The summed E-state index contributed by atoms with van der Waals surface area (Å²) in [5.74, 6) is 2.96. The fourth-order valence-corrected chi connectivity index (χ4v) is 10.7. The molecule has 0 spiro atoms. The van der Waals surface area contributed by atoms with Gasteiger partial charge in [0.25, 0.3) is 0 Å². The first-order valence-electron chi connectivity index (χ1n) is 8.13. The summed E-state index contributed by atoms with van der Waals surface area (Å²) in [4.78, 5) is 0. The number of hydrogen-bond acceptors (Lipinski definition) is 4. The van der Waals surface area contributed by atoms with E-state index < -0.39 is 28.8 Å². The molecule has 2 aromatic carbocycles. The van der Waals surface area contributed by atoms with E-state index >= 15 is 0 Å². The van der Waals surface area contributed by atoms with Gasteiger partial charge in [-0.25, -0.2) is 0 Å². The molecule has 1 N–H and O–H groups in total. The van der Waals surface area contributed by atoms with Gasteiger partial charge in [0.15, 0.2) is 0 Å². The Labute approximate surface area is 171 Å². The van der Waals surface area contributed by atoms with Crippen molar-refractivity contribution in [1.29, 1.82) is 0 Å². The Morgan fingerprint density at radius 3 is 2.04 bits per heavy atom. The van der Waals surface area contributed by atoms with Crippen LogP contribution < -0.4 is 8.92 Å². The summed E-state index contributed by atoms with van der Waals surface area (Å²) in [6.07, 6.45) is 0.430. The molecule has 0 radical (unpaired) electrons. The second-order valence-electron chi connectivity index (χ2n) is 6.33. The third kappa shape index (κ3) is 6.32. The Kier molecular flexibility index (Phi) is 7.78. The number of halogens is 3. The van der Waals surface area contributed by atoms with Crippen molar-refractivity contribution >= 4 is 47.2 Å². The summed E-state index contributed by atoms with van der Waals surface area (Å²) in [6.45, 7) is -0.0654. The van der Waals surface area contributed by atoms with Gasteiger partial charge in [0.1, 0.15) is 0 Å². The Balaban J connectivity index is 2.15. The zero-order chi connectivity index (χ0) is 21.0. The number of aliphatic hydroxyl groups is 1. The van der Waals surface area contributed by atoms with Gasteiger partial charge in [0, 0.05) is 0 Å². The van der Waals surface area contributed by atoms with Gasteiger partial charge in [-0.05, 0) is 0 Å². The van der Waals surface area contributed by atoms with E-state index in [4.69, 9.17) is 0 Å². The molecule has 0 aliphatic rings. The molecule has 0 heterocycles. The summed E-state index contributed by atoms with van der Waals surface area (Å²) in [5, 5.41) is 9.75. The Bertz CT molecular complexity index is 915. The quantitative estimate of drug-likeness (QED) is 0.407. The Morgan fingerprint density at radius 1 is 1.00 bits per heavy atom. The van der Waals surface area contributed by atoms with E-state index in [1.807, 2.05) is 48.5 Å². The van der Waals surface area contributed by atoms with Crippen LogP contribution in [0.4, 0.5) is 13.2 Å². The predicted octanol–water partition coefficient (Wildman–Crippen LogP) is 2.45. The second kappa shape index (κ2) is 9.30. The number of benzene rings is 2. The molecule has 2 aromatic rings. The number of aliphatic hydroxyl groups excluding tert-OH is 1. The van der Waals surface area contributed by atoms with Gasteiger partial charge in [-0.3, -0.25) is 0 Å². The van der Waals surface area contributed by atoms with Gasteiger partial charge in [-0.15, -0.1) is 0 Å². The van der Waals surface area contributed by atoms with Crippen molar-refractivity contribution in [2.24, 2.45) is 0 Å². The molecule has 0 atom stereocenters. The van der Waals surface area contributed by atoms with Crippen molar-refractivity contribution in [1.82, 2.24) is 0 Å². The van der Waals surface area contributed by atoms with E-state index in [1.165, 1.54) is 11.6 Å². The van der Waals surface area contributed by atoms with E-state index in [2.05, 4.69) is 3.27 Å². The topological polar surface area (TPSA) is 63.6 Å². The minimum atomic E-state index is -5.58. The summed E-state index contributed by atoms with van der Waals surface area (Å²) in [5.41, 5.74) is -3.61. The first-order chi connectivity index (χ1) is 13.0. The predicted molar refractivity (Wildman–Crippen MR) is 106 cm³/mol. The number of alkyl halides is 3. The molecule has 10 heteroatoms. The first kappa shape index (κ1) is 23.4. The zero-order valence-corrected chi connectivity index (χ0v) is 19.5. The summed E-state index contributed by atoms with van der Waals surface area (Å²) < 4.78 is 67.1. The number of hydrogen-bond donors (Lipinski definition) is 1. The average molecular weight is 548 g/mol. The van der Waals surface area contributed by atoms with E-state index in [9.17, 15) is 26.7 Å². The van der Waals surface area contributed by atoms with Gasteiger partial charge in [0.05, 0.1) is 0 Å². The number of rotatable bonds is 8. The molecule has 0 fully saturated rings. The van der Waals surface area contributed by atoms with Gasteiger partial charge in [0.2, 0.25) is 0 Å². The third-order valence-electron chi connectivity index (χ3n) is 3.76. The van der Waals surface area contributed by atoms with Crippen LogP contribution in [0.5, 0.6) is 0 Å². The van der Waals surface area contributed by atoms with Crippen LogP contribution in [0.1, 0.15) is 11.1 Å². The molecule has 0 saturated carbocycles. The Morgan fingerprint density at radius 2 is 1.50 bits per heavy atom. The van der Waals surface area contributed by atoms with E-state index in [-0.39, 0.29) is 26.9 Å². The molecular formula is C18H21F3O4SSe2. The maximum atomic E-state index is 12.6. The average Bonchev–Trinajstić information content (AvgIpc) is 2.59. The molecule has 0 bridgehead atoms. The van der Waals surface area contributed by atoms with Crippen LogP contribution in [-0.2, 0) is 26.4 Å². The van der Waals surface area contributed by atoms with Crippen LogP contribution in [0.25, 0.3) is 0 Å². The van der Waals surface area contributed by atoms with Crippen molar-refractivity contribution in [2.45, 2.75) is 35.5 Å². The van der Waals surface area contributed by atoms with Crippen LogP contribution in [0.2, 0.25) is 17.0 Å². The van der Waals surface area contributed by atoms with Gasteiger partial charge < -0.3 is 0 Å². The standard InChI is InChI=1S/C18H21F3O4SSe2/c1-28(2,25-26(23,24)18(19,20)21)12-11-14-7-3-5-9-16(14)27-17-10-6-4-8-15(17)13-22/h3-10,22H,11-13H2,1-2H3. The fraction of sp³-hybridized carbons (Fsp3) is 0.333. The van der Waals surface area contributed by atoms with Crippen LogP contribution in [0.15, 0.2) is 48.5 Å². The van der Waals surface area contributed by atoms with Crippen molar-refractivity contribution in [3.63, 3.8) is 0 Å². The van der Waals surface area contributed by atoms with Gasteiger partial charge >= 0.3 is 172 Å². The molecule has 0 unspecified atom stereocenters. The molecule has 0 saturated heterocycles. The summed E-state index contributed by atoms with van der Waals surface area (Å²) in [7, 11) is -5.58. The van der Waals surface area contributed by atoms with E-state index in [0.717, 1.165) is 20.1 Å². The minimum absolute atomic E-state index is 0.0654.